The first-order valence-electron chi connectivity index (χ1n) is 11.3. The number of nitrogens with zero attached hydrogens (tertiary/aromatic N) is 1. The number of thiophene rings is 1. The highest BCUT2D eigenvalue weighted by Crippen LogP contribution is 2.19. The molecule has 1 aliphatic rings. The lowest BCUT2D eigenvalue weighted by Crippen LogP contribution is -2.59. The number of carbonyl (C=O) groups is 2. The maximum atomic E-state index is 12.1. The zero-order valence-electron chi connectivity index (χ0n) is 19.7. The molecule has 7 nitrogen and oxygen atoms in total. The monoisotopic (exact) mass is 509 g/mol. The van der Waals surface area contributed by atoms with Gasteiger partial charge in [0.05, 0.1) is 18.0 Å². The third kappa shape index (κ3) is 8.24. The molecule has 0 spiro atoms. The molecule has 0 aliphatic carbocycles. The molecule has 1 unspecified atom stereocenters. The van der Waals surface area contributed by atoms with Crippen molar-refractivity contribution in [1.29, 1.82) is 5.41 Å². The van der Waals surface area contributed by atoms with Gasteiger partial charge in [-0.25, -0.2) is 0 Å². The second-order valence-corrected chi connectivity index (χ2v) is 9.83. The second kappa shape index (κ2) is 13.7. The highest BCUT2D eigenvalue weighted by atomic mass is 32.2. The van der Waals surface area contributed by atoms with Gasteiger partial charge in [-0.15, -0.1) is 11.3 Å². The number of nitrogens with two attached hydrogens (primary N) is 1. The molecular weight excluding hydrogens is 478 g/mol. The number of amidine groups is 1. The van der Waals surface area contributed by atoms with E-state index in [-0.39, 0.29) is 30.2 Å². The number of benzene rings is 2. The zero-order valence-corrected chi connectivity index (χ0v) is 21.3. The van der Waals surface area contributed by atoms with Crippen LogP contribution >= 0.6 is 23.3 Å². The number of carbonyl (C=O) groups excluding carboxylic acids is 2. The summed E-state index contributed by atoms with van der Waals surface area (Å²) in [5, 5.41) is 10.2. The molecule has 1 saturated heterocycles. The Bertz CT molecular complexity index is 1070. The predicted octanol–water partition coefficient (Wildman–Crippen LogP) is 3.39. The Morgan fingerprint density at radius 2 is 1.69 bits per heavy atom. The summed E-state index contributed by atoms with van der Waals surface area (Å²) in [4.78, 5) is 27.2. The molecule has 2 aromatic carbocycles. The molecule has 0 bridgehead atoms. The summed E-state index contributed by atoms with van der Waals surface area (Å²) < 4.78 is 2.89. The first-order valence-corrected chi connectivity index (χ1v) is 13.4. The molecule has 1 fully saturated rings. The number of nitrogens with one attached hydrogen (secondary N) is 3. The molecule has 0 radical (unpaired) electrons. The van der Waals surface area contributed by atoms with Crippen LogP contribution in [-0.2, 0) is 22.6 Å². The topological polar surface area (TPSA) is 111 Å². The van der Waals surface area contributed by atoms with Gasteiger partial charge in [-0.3, -0.25) is 19.7 Å². The van der Waals surface area contributed by atoms with Gasteiger partial charge in [0.25, 0.3) is 0 Å². The van der Waals surface area contributed by atoms with Gasteiger partial charge in [0.2, 0.25) is 11.8 Å². The zero-order chi connectivity index (χ0) is 25.0. The van der Waals surface area contributed by atoms with E-state index in [4.69, 9.17) is 11.1 Å². The summed E-state index contributed by atoms with van der Waals surface area (Å²) >= 11 is 2.76. The fourth-order valence-corrected chi connectivity index (χ4v) is 4.61. The summed E-state index contributed by atoms with van der Waals surface area (Å²) in [7, 11) is 0. The van der Waals surface area contributed by atoms with Crippen LogP contribution in [0.15, 0.2) is 72.8 Å². The Balaban J connectivity index is 0.000000223. The van der Waals surface area contributed by atoms with Crippen LogP contribution in [0.2, 0.25) is 0 Å². The van der Waals surface area contributed by atoms with Gasteiger partial charge in [-0.05, 0) is 42.4 Å². The van der Waals surface area contributed by atoms with E-state index in [1.165, 1.54) is 34.4 Å². The fraction of sp³-hybridized carbons (Fsp3) is 0.269. The van der Waals surface area contributed by atoms with Crippen molar-refractivity contribution < 1.29 is 9.59 Å². The Morgan fingerprint density at radius 3 is 2.17 bits per heavy atom. The normalized spacial score (nSPS) is 14.3. The van der Waals surface area contributed by atoms with Crippen LogP contribution in [-0.4, -0.2) is 47.9 Å². The molecule has 184 valence electrons. The molecule has 0 saturated carbocycles. The molecule has 2 amide bonds. The van der Waals surface area contributed by atoms with Crippen molar-refractivity contribution in [3.8, 4) is 0 Å². The van der Waals surface area contributed by atoms with E-state index in [1.54, 1.807) is 11.0 Å². The Labute approximate surface area is 214 Å². The molecule has 4 rings (SSSR count). The van der Waals surface area contributed by atoms with Crippen LogP contribution in [0.3, 0.4) is 0 Å². The maximum Gasteiger partial charge on any atom is 0.243 e. The molecule has 1 atom stereocenters. The van der Waals surface area contributed by atoms with Gasteiger partial charge in [0.1, 0.15) is 11.9 Å². The lowest BCUT2D eigenvalue weighted by molar-refractivity contribution is -0.146. The lowest BCUT2D eigenvalue weighted by Gasteiger charge is -2.39. The molecule has 2 heterocycles. The number of likely N-dealkylation sites (tertiary alicyclic amines) is 1. The van der Waals surface area contributed by atoms with Crippen molar-refractivity contribution in [2.45, 2.75) is 25.4 Å². The Morgan fingerprint density at radius 1 is 1.06 bits per heavy atom. The third-order valence-electron chi connectivity index (χ3n) is 5.47. The standard InChI is InChI=1S/C13H19N5O2S2.C13H12/c1-21-17-7-11(19)18-5-4-9(18)13(20)16-6-8-2-3-10(22-8)12(14)15;1-3-7-12(8-4-1)11-13-9-5-2-6-10-13/h2-3,9,17H,4-7H2,1H3,(H3,14,15)(H,16,20);1-10H,11H2. The van der Waals surface area contributed by atoms with Gasteiger partial charge in [0.15, 0.2) is 0 Å². The summed E-state index contributed by atoms with van der Waals surface area (Å²) in [6, 6.07) is 24.3. The van der Waals surface area contributed by atoms with Crippen molar-refractivity contribution in [1.82, 2.24) is 14.9 Å². The van der Waals surface area contributed by atoms with Gasteiger partial charge in [-0.1, -0.05) is 72.6 Å². The average molecular weight is 510 g/mol. The SMILES string of the molecule is CSNCC(=O)N1CCC1C(=O)NCc1ccc(C(=N)N)s1.c1ccc(Cc2ccccc2)cc1. The second-order valence-electron chi connectivity index (χ2n) is 7.96. The van der Waals surface area contributed by atoms with E-state index >= 15 is 0 Å². The Hall–Kier alpha value is -3.14. The number of hydrogen-bond donors (Lipinski definition) is 4. The lowest BCUT2D eigenvalue weighted by atomic mass is 10.0. The van der Waals surface area contributed by atoms with Crippen molar-refractivity contribution in [3.63, 3.8) is 0 Å². The largest absolute Gasteiger partial charge is 0.383 e. The number of amides is 2. The summed E-state index contributed by atoms with van der Waals surface area (Å²) in [5.41, 5.74) is 8.15. The fourth-order valence-electron chi connectivity index (χ4n) is 3.53. The van der Waals surface area contributed by atoms with Gasteiger partial charge >= 0.3 is 0 Å². The average Bonchev–Trinajstić information content (AvgIpc) is 3.32. The number of rotatable bonds is 9. The Kier molecular flexibility index (Phi) is 10.3. The van der Waals surface area contributed by atoms with E-state index in [2.05, 4.69) is 70.7 Å². The molecule has 3 aromatic rings. The maximum absolute atomic E-state index is 12.1. The minimum absolute atomic E-state index is 0.0274. The molecule has 5 N–H and O–H groups in total. The molecule has 35 heavy (non-hydrogen) atoms. The van der Waals surface area contributed by atoms with Crippen molar-refractivity contribution in [3.05, 3.63) is 93.7 Å². The first kappa shape index (κ1) is 26.5. The van der Waals surface area contributed by atoms with E-state index in [9.17, 15) is 9.59 Å². The highest BCUT2D eigenvalue weighted by Gasteiger charge is 2.36. The first-order chi connectivity index (χ1) is 17.0. The van der Waals surface area contributed by atoms with Crippen molar-refractivity contribution in [2.24, 2.45) is 5.73 Å². The molecule has 1 aliphatic heterocycles. The minimum Gasteiger partial charge on any atom is -0.383 e. The van der Waals surface area contributed by atoms with Gasteiger partial charge in [0, 0.05) is 11.4 Å². The van der Waals surface area contributed by atoms with E-state index in [1.807, 2.05) is 12.3 Å². The van der Waals surface area contributed by atoms with Gasteiger partial charge < -0.3 is 16.0 Å². The van der Waals surface area contributed by atoms with E-state index in [0.717, 1.165) is 11.3 Å². The van der Waals surface area contributed by atoms with Crippen LogP contribution in [0, 0.1) is 5.41 Å². The summed E-state index contributed by atoms with van der Waals surface area (Å²) in [6.07, 6.45) is 3.57. The molecule has 9 heteroatoms. The minimum atomic E-state index is -0.372. The quantitative estimate of drug-likeness (QED) is 0.201. The summed E-state index contributed by atoms with van der Waals surface area (Å²) in [6.45, 7) is 1.25. The number of nitrogen functional groups attached to an aromatic ring is 1. The predicted molar refractivity (Wildman–Crippen MR) is 145 cm³/mol. The molecule has 1 aromatic heterocycles. The smallest absolute Gasteiger partial charge is 0.243 e. The van der Waals surface area contributed by atoms with Crippen molar-refractivity contribution in [2.75, 3.05) is 19.3 Å². The van der Waals surface area contributed by atoms with Crippen molar-refractivity contribution >= 4 is 40.9 Å². The van der Waals surface area contributed by atoms with Crippen LogP contribution in [0.25, 0.3) is 0 Å². The highest BCUT2D eigenvalue weighted by molar-refractivity contribution is 7.96. The van der Waals surface area contributed by atoms with E-state index in [0.29, 0.717) is 24.4 Å². The molecular formula is C26H31N5O2S2. The third-order valence-corrected chi connectivity index (χ3v) is 7.02. The van der Waals surface area contributed by atoms with Crippen LogP contribution in [0.1, 0.15) is 27.3 Å². The van der Waals surface area contributed by atoms with Crippen LogP contribution < -0.4 is 15.8 Å². The van der Waals surface area contributed by atoms with Crippen LogP contribution in [0.4, 0.5) is 0 Å². The summed E-state index contributed by atoms with van der Waals surface area (Å²) in [5.74, 6) is -0.170. The van der Waals surface area contributed by atoms with Gasteiger partial charge in [-0.2, -0.15) is 0 Å². The number of hydrogen-bond acceptors (Lipinski definition) is 6. The van der Waals surface area contributed by atoms with E-state index < -0.39 is 0 Å². The van der Waals surface area contributed by atoms with Crippen LogP contribution in [0.5, 0.6) is 0 Å².